The Bertz CT molecular complexity index is 529. The van der Waals surface area contributed by atoms with Gasteiger partial charge in [0.05, 0.1) is 16.0 Å². The summed E-state index contributed by atoms with van der Waals surface area (Å²) in [6.07, 6.45) is 1.59. The number of halogens is 2. The van der Waals surface area contributed by atoms with E-state index in [9.17, 15) is 12.8 Å². The number of hydrogen-bond donors (Lipinski definition) is 1. The van der Waals surface area contributed by atoms with E-state index < -0.39 is 15.8 Å². The van der Waals surface area contributed by atoms with E-state index in [-0.39, 0.29) is 15.4 Å². The van der Waals surface area contributed by atoms with Crippen molar-refractivity contribution in [3.8, 4) is 0 Å². The van der Waals surface area contributed by atoms with Crippen LogP contribution in [0.5, 0.6) is 0 Å². The molecule has 1 unspecified atom stereocenters. The molecule has 1 aliphatic heterocycles. The second-order valence-electron chi connectivity index (χ2n) is 4.11. The van der Waals surface area contributed by atoms with Gasteiger partial charge in [-0.2, -0.15) is 0 Å². The van der Waals surface area contributed by atoms with E-state index in [2.05, 4.69) is 20.7 Å². The van der Waals surface area contributed by atoms with E-state index in [0.717, 1.165) is 18.9 Å². The van der Waals surface area contributed by atoms with Gasteiger partial charge < -0.3 is 4.74 Å². The van der Waals surface area contributed by atoms with Gasteiger partial charge in [0, 0.05) is 12.6 Å². The highest BCUT2D eigenvalue weighted by Gasteiger charge is 2.22. The van der Waals surface area contributed by atoms with Gasteiger partial charge in [-0.05, 0) is 47.0 Å². The predicted molar refractivity (Wildman–Crippen MR) is 68.3 cm³/mol. The molecule has 1 heterocycles. The summed E-state index contributed by atoms with van der Waals surface area (Å²) in [6.45, 7) is 1.04. The van der Waals surface area contributed by atoms with E-state index in [0.29, 0.717) is 13.2 Å². The predicted octanol–water partition coefficient (Wildman–Crippen LogP) is 2.05. The lowest BCUT2D eigenvalue weighted by Crippen LogP contribution is -2.40. The van der Waals surface area contributed by atoms with Crippen molar-refractivity contribution in [3.63, 3.8) is 0 Å². The van der Waals surface area contributed by atoms with Crippen LogP contribution in [-0.2, 0) is 14.8 Å². The molecule has 1 N–H and O–H groups in total. The summed E-state index contributed by atoms with van der Waals surface area (Å²) in [4.78, 5) is 0.0429. The summed E-state index contributed by atoms with van der Waals surface area (Å²) in [5.74, 6) is -0.491. The molecule has 0 bridgehead atoms. The molecule has 1 aromatic rings. The van der Waals surface area contributed by atoms with Gasteiger partial charge in [-0.3, -0.25) is 0 Å². The Balaban J connectivity index is 2.16. The lowest BCUT2D eigenvalue weighted by molar-refractivity contribution is 0.0774. The number of benzene rings is 1. The Labute approximate surface area is 114 Å². The second kappa shape index (κ2) is 5.64. The zero-order valence-corrected chi connectivity index (χ0v) is 11.9. The van der Waals surface area contributed by atoms with Gasteiger partial charge in [0.15, 0.2) is 0 Å². The van der Waals surface area contributed by atoms with Gasteiger partial charge in [0.25, 0.3) is 0 Å². The molecule has 2 rings (SSSR count). The minimum absolute atomic E-state index is 0.0429. The number of hydrogen-bond acceptors (Lipinski definition) is 3. The van der Waals surface area contributed by atoms with Gasteiger partial charge >= 0.3 is 0 Å². The first-order chi connectivity index (χ1) is 8.49. The van der Waals surface area contributed by atoms with Crippen molar-refractivity contribution in [3.05, 3.63) is 28.5 Å². The molecule has 1 aromatic carbocycles. The summed E-state index contributed by atoms with van der Waals surface area (Å²) in [7, 11) is -3.63. The van der Waals surface area contributed by atoms with Crippen molar-refractivity contribution in [1.29, 1.82) is 0 Å². The molecule has 1 atom stereocenters. The van der Waals surface area contributed by atoms with E-state index >= 15 is 0 Å². The molecule has 0 saturated carbocycles. The maximum atomic E-state index is 13.1. The molecule has 0 aromatic heterocycles. The molecular weight excluding hydrogens is 325 g/mol. The van der Waals surface area contributed by atoms with Crippen molar-refractivity contribution in [2.24, 2.45) is 0 Å². The van der Waals surface area contributed by atoms with Crippen molar-refractivity contribution in [2.75, 3.05) is 13.2 Å². The highest BCUT2D eigenvalue weighted by molar-refractivity contribution is 9.10. The molecule has 1 fully saturated rings. The smallest absolute Gasteiger partial charge is 0.240 e. The van der Waals surface area contributed by atoms with E-state index in [1.807, 2.05) is 0 Å². The monoisotopic (exact) mass is 337 g/mol. The van der Waals surface area contributed by atoms with Crippen molar-refractivity contribution in [2.45, 2.75) is 23.8 Å². The number of sulfonamides is 1. The Morgan fingerprint density at radius 3 is 2.83 bits per heavy atom. The molecule has 100 valence electrons. The molecular formula is C11H13BrFNO3S. The molecule has 1 saturated heterocycles. The lowest BCUT2D eigenvalue weighted by atomic mass is 10.1. The molecule has 0 spiro atoms. The molecule has 7 heteroatoms. The summed E-state index contributed by atoms with van der Waals surface area (Å²) in [5, 5.41) is 0. The molecule has 0 aliphatic carbocycles. The van der Waals surface area contributed by atoms with E-state index in [4.69, 9.17) is 4.74 Å². The summed E-state index contributed by atoms with van der Waals surface area (Å²) in [6, 6.07) is 3.40. The molecule has 0 radical (unpaired) electrons. The minimum atomic E-state index is -3.63. The van der Waals surface area contributed by atoms with Crippen LogP contribution in [-0.4, -0.2) is 27.7 Å². The van der Waals surface area contributed by atoms with Gasteiger partial charge in [-0.1, -0.05) is 0 Å². The first-order valence-electron chi connectivity index (χ1n) is 5.54. The molecule has 1 aliphatic rings. The van der Waals surface area contributed by atoms with Gasteiger partial charge in [-0.15, -0.1) is 0 Å². The third-order valence-electron chi connectivity index (χ3n) is 2.68. The summed E-state index contributed by atoms with van der Waals surface area (Å²) < 4.78 is 45.1. The van der Waals surface area contributed by atoms with Gasteiger partial charge in [-0.25, -0.2) is 17.5 Å². The Hall–Kier alpha value is -0.500. The van der Waals surface area contributed by atoms with E-state index in [1.54, 1.807) is 0 Å². The highest BCUT2D eigenvalue weighted by atomic mass is 79.9. The quantitative estimate of drug-likeness (QED) is 0.918. The Morgan fingerprint density at radius 2 is 2.22 bits per heavy atom. The fourth-order valence-corrected chi connectivity index (χ4v) is 3.58. The van der Waals surface area contributed by atoms with Crippen LogP contribution in [0.4, 0.5) is 4.39 Å². The Morgan fingerprint density at radius 1 is 1.44 bits per heavy atom. The van der Waals surface area contributed by atoms with Crippen molar-refractivity contribution < 1.29 is 17.5 Å². The third-order valence-corrected chi connectivity index (χ3v) is 4.81. The maximum Gasteiger partial charge on any atom is 0.240 e. The lowest BCUT2D eigenvalue weighted by Gasteiger charge is -2.23. The van der Waals surface area contributed by atoms with Crippen LogP contribution < -0.4 is 4.72 Å². The first-order valence-corrected chi connectivity index (χ1v) is 7.82. The van der Waals surface area contributed by atoms with E-state index in [1.165, 1.54) is 12.1 Å². The zero-order chi connectivity index (χ0) is 13.2. The SMILES string of the molecule is O=S(=O)(NC1CCCOC1)c1ccc(F)c(Br)c1. The Kier molecular flexibility index (Phi) is 4.37. The normalized spacial score (nSPS) is 20.9. The topological polar surface area (TPSA) is 55.4 Å². The maximum absolute atomic E-state index is 13.1. The van der Waals surface area contributed by atoms with Crippen LogP contribution in [0.15, 0.2) is 27.6 Å². The highest BCUT2D eigenvalue weighted by Crippen LogP contribution is 2.20. The van der Waals surface area contributed by atoms with Gasteiger partial charge in [0.1, 0.15) is 5.82 Å². The number of ether oxygens (including phenoxy) is 1. The number of rotatable bonds is 3. The van der Waals surface area contributed by atoms with Crippen molar-refractivity contribution >= 4 is 26.0 Å². The van der Waals surface area contributed by atoms with Crippen LogP contribution >= 0.6 is 15.9 Å². The fourth-order valence-electron chi connectivity index (χ4n) is 1.77. The zero-order valence-electron chi connectivity index (χ0n) is 9.53. The average molecular weight is 338 g/mol. The minimum Gasteiger partial charge on any atom is -0.380 e. The first kappa shape index (κ1) is 13.9. The van der Waals surface area contributed by atoms with Crippen molar-refractivity contribution in [1.82, 2.24) is 4.72 Å². The van der Waals surface area contributed by atoms with Crippen LogP contribution in [0.25, 0.3) is 0 Å². The van der Waals surface area contributed by atoms with Crippen LogP contribution in [0.3, 0.4) is 0 Å². The fraction of sp³-hybridized carbons (Fsp3) is 0.455. The molecule has 0 amide bonds. The second-order valence-corrected chi connectivity index (χ2v) is 6.68. The average Bonchev–Trinajstić information content (AvgIpc) is 2.33. The summed E-state index contributed by atoms with van der Waals surface area (Å²) >= 11 is 2.97. The number of nitrogens with one attached hydrogen (secondary N) is 1. The standard InChI is InChI=1S/C11H13BrFNO3S/c12-10-6-9(3-4-11(10)13)18(15,16)14-8-2-1-5-17-7-8/h3-4,6,8,14H,1-2,5,7H2. The van der Waals surface area contributed by atoms with Gasteiger partial charge in [0.2, 0.25) is 10.0 Å². The third kappa shape index (κ3) is 3.28. The van der Waals surface area contributed by atoms with Crippen LogP contribution in [0, 0.1) is 5.82 Å². The summed E-state index contributed by atoms with van der Waals surface area (Å²) in [5.41, 5.74) is 0. The largest absolute Gasteiger partial charge is 0.380 e. The van der Waals surface area contributed by atoms with Crippen LogP contribution in [0.1, 0.15) is 12.8 Å². The molecule has 18 heavy (non-hydrogen) atoms. The molecule has 4 nitrogen and oxygen atoms in total. The van der Waals surface area contributed by atoms with Crippen LogP contribution in [0.2, 0.25) is 0 Å².